The van der Waals surface area contributed by atoms with E-state index in [1.165, 1.54) is 29.5 Å². The Labute approximate surface area is 125 Å². The van der Waals surface area contributed by atoms with Crippen molar-refractivity contribution in [2.24, 2.45) is 0 Å². The second-order valence-corrected chi connectivity index (χ2v) is 7.86. The molecule has 0 fully saturated rings. The fourth-order valence-corrected chi connectivity index (χ4v) is 4.78. The molecule has 1 unspecified atom stereocenters. The monoisotopic (exact) mass is 343 g/mol. The minimum atomic E-state index is 0.336. The Morgan fingerprint density at radius 2 is 1.72 bits per heavy atom. The first-order valence-electron chi connectivity index (χ1n) is 6.09. The van der Waals surface area contributed by atoms with E-state index in [1.54, 1.807) is 0 Å². The number of rotatable bonds is 4. The van der Waals surface area contributed by atoms with E-state index in [1.807, 2.05) is 22.7 Å². The van der Waals surface area contributed by atoms with Crippen LogP contribution in [0.5, 0.6) is 0 Å². The van der Waals surface area contributed by atoms with Gasteiger partial charge in [0.2, 0.25) is 0 Å². The zero-order valence-corrected chi connectivity index (χ0v) is 14.4. The molecule has 0 aromatic carbocycles. The molecule has 2 aromatic rings. The highest BCUT2D eigenvalue weighted by Gasteiger charge is 2.19. The molecule has 4 heteroatoms. The van der Waals surface area contributed by atoms with E-state index in [9.17, 15) is 0 Å². The van der Waals surface area contributed by atoms with Crippen LogP contribution in [0.4, 0.5) is 0 Å². The molecule has 0 saturated heterocycles. The van der Waals surface area contributed by atoms with E-state index in [2.05, 4.69) is 61.1 Å². The minimum Gasteiger partial charge on any atom is -0.305 e. The van der Waals surface area contributed by atoms with Crippen molar-refractivity contribution in [2.45, 2.75) is 33.7 Å². The molecule has 2 aromatic heterocycles. The van der Waals surface area contributed by atoms with Gasteiger partial charge in [0.25, 0.3) is 0 Å². The Morgan fingerprint density at radius 1 is 1.11 bits per heavy atom. The molecular weight excluding hydrogens is 326 g/mol. The number of thiophene rings is 2. The number of aryl methyl sites for hydroxylation is 3. The van der Waals surface area contributed by atoms with Gasteiger partial charge in [-0.15, -0.1) is 22.7 Å². The summed E-state index contributed by atoms with van der Waals surface area (Å²) in [6.07, 6.45) is 0. The highest BCUT2D eigenvalue weighted by atomic mass is 79.9. The van der Waals surface area contributed by atoms with Crippen molar-refractivity contribution in [1.82, 2.24) is 5.32 Å². The van der Waals surface area contributed by atoms with Gasteiger partial charge in [0.05, 0.1) is 6.04 Å². The van der Waals surface area contributed by atoms with Crippen molar-refractivity contribution in [2.75, 3.05) is 6.54 Å². The van der Waals surface area contributed by atoms with Crippen molar-refractivity contribution in [3.05, 3.63) is 41.7 Å². The fourth-order valence-electron chi connectivity index (χ4n) is 1.91. The van der Waals surface area contributed by atoms with Crippen LogP contribution in [-0.4, -0.2) is 6.54 Å². The quantitative estimate of drug-likeness (QED) is 0.804. The molecular formula is C14H18BrNS2. The normalized spacial score (nSPS) is 12.9. The molecule has 0 aliphatic carbocycles. The maximum Gasteiger partial charge on any atom is 0.0765 e. The predicted octanol–water partition coefficient (Wildman–Crippen LogP) is 5.20. The smallest absolute Gasteiger partial charge is 0.0765 e. The third kappa shape index (κ3) is 2.87. The van der Waals surface area contributed by atoms with Crippen molar-refractivity contribution >= 4 is 38.6 Å². The summed E-state index contributed by atoms with van der Waals surface area (Å²) in [4.78, 5) is 5.57. The Morgan fingerprint density at radius 3 is 2.17 bits per heavy atom. The SMILES string of the molecule is CCNC(c1cc(C)c(C)s1)c1cc(Br)c(C)s1. The molecule has 0 amide bonds. The number of halogens is 1. The third-order valence-electron chi connectivity index (χ3n) is 3.04. The molecule has 1 nitrogen and oxygen atoms in total. The number of hydrogen-bond donors (Lipinski definition) is 1. The molecule has 0 aliphatic rings. The van der Waals surface area contributed by atoms with Gasteiger partial charge in [0, 0.05) is 24.0 Å². The van der Waals surface area contributed by atoms with Crippen LogP contribution >= 0.6 is 38.6 Å². The van der Waals surface area contributed by atoms with Crippen molar-refractivity contribution in [3.8, 4) is 0 Å². The van der Waals surface area contributed by atoms with E-state index in [-0.39, 0.29) is 0 Å². The summed E-state index contributed by atoms with van der Waals surface area (Å²) in [7, 11) is 0. The summed E-state index contributed by atoms with van der Waals surface area (Å²) in [6.45, 7) is 9.69. The molecule has 1 N–H and O–H groups in total. The minimum absolute atomic E-state index is 0.336. The van der Waals surface area contributed by atoms with Crippen molar-refractivity contribution in [1.29, 1.82) is 0 Å². The summed E-state index contributed by atoms with van der Waals surface area (Å²) >= 11 is 7.38. The Bertz CT molecular complexity index is 457. The van der Waals surface area contributed by atoms with Gasteiger partial charge in [-0.1, -0.05) is 6.92 Å². The van der Waals surface area contributed by atoms with Gasteiger partial charge in [0.1, 0.15) is 0 Å². The summed E-state index contributed by atoms with van der Waals surface area (Å²) in [5.74, 6) is 0. The summed E-state index contributed by atoms with van der Waals surface area (Å²) in [5, 5.41) is 3.60. The average Bonchev–Trinajstić information content (AvgIpc) is 2.81. The van der Waals surface area contributed by atoms with Crippen LogP contribution < -0.4 is 5.32 Å². The maximum atomic E-state index is 3.61. The molecule has 0 saturated carbocycles. The number of nitrogens with one attached hydrogen (secondary N) is 1. The van der Waals surface area contributed by atoms with Gasteiger partial charge in [0.15, 0.2) is 0 Å². The first kappa shape index (κ1) is 14.3. The largest absolute Gasteiger partial charge is 0.305 e. The highest BCUT2D eigenvalue weighted by Crippen LogP contribution is 2.37. The predicted molar refractivity (Wildman–Crippen MR) is 86.1 cm³/mol. The molecule has 18 heavy (non-hydrogen) atoms. The van der Waals surface area contributed by atoms with Crippen LogP contribution in [0, 0.1) is 20.8 Å². The first-order valence-corrected chi connectivity index (χ1v) is 8.51. The molecule has 98 valence electrons. The van der Waals surface area contributed by atoms with Gasteiger partial charge < -0.3 is 5.32 Å². The lowest BCUT2D eigenvalue weighted by atomic mass is 10.1. The molecule has 0 radical (unpaired) electrons. The van der Waals surface area contributed by atoms with Crippen LogP contribution in [-0.2, 0) is 0 Å². The maximum absolute atomic E-state index is 3.61. The molecule has 2 heterocycles. The van der Waals surface area contributed by atoms with E-state index >= 15 is 0 Å². The summed E-state index contributed by atoms with van der Waals surface area (Å²) in [6, 6.07) is 4.90. The van der Waals surface area contributed by atoms with Gasteiger partial charge in [-0.05, 0) is 60.9 Å². The van der Waals surface area contributed by atoms with Gasteiger partial charge >= 0.3 is 0 Å². The van der Waals surface area contributed by atoms with Crippen molar-refractivity contribution < 1.29 is 0 Å². The summed E-state index contributed by atoms with van der Waals surface area (Å²) < 4.78 is 1.22. The van der Waals surface area contributed by atoms with Crippen LogP contribution in [0.25, 0.3) is 0 Å². The highest BCUT2D eigenvalue weighted by molar-refractivity contribution is 9.10. The summed E-state index contributed by atoms with van der Waals surface area (Å²) in [5.41, 5.74) is 1.39. The lowest BCUT2D eigenvalue weighted by Gasteiger charge is -2.14. The van der Waals surface area contributed by atoms with Crippen LogP contribution in [0.15, 0.2) is 16.6 Å². The second-order valence-electron chi connectivity index (χ2n) is 4.43. The van der Waals surface area contributed by atoms with Gasteiger partial charge in [-0.2, -0.15) is 0 Å². The Hall–Kier alpha value is -0.160. The van der Waals surface area contributed by atoms with Gasteiger partial charge in [-0.3, -0.25) is 0 Å². The van der Waals surface area contributed by atoms with E-state index in [0.717, 1.165) is 6.54 Å². The molecule has 2 rings (SSSR count). The first-order chi connectivity index (χ1) is 8.52. The lowest BCUT2D eigenvalue weighted by Crippen LogP contribution is -2.20. The Kier molecular flexibility index (Phi) is 4.64. The van der Waals surface area contributed by atoms with Crippen molar-refractivity contribution in [3.63, 3.8) is 0 Å². The Balaban J connectivity index is 2.39. The molecule has 1 atom stereocenters. The van der Waals surface area contributed by atoms with E-state index < -0.39 is 0 Å². The van der Waals surface area contributed by atoms with Crippen LogP contribution in [0.2, 0.25) is 0 Å². The van der Waals surface area contributed by atoms with E-state index in [4.69, 9.17) is 0 Å². The second kappa shape index (κ2) is 5.87. The van der Waals surface area contributed by atoms with Crippen LogP contribution in [0.3, 0.4) is 0 Å². The number of hydrogen-bond acceptors (Lipinski definition) is 3. The van der Waals surface area contributed by atoms with E-state index in [0.29, 0.717) is 6.04 Å². The molecule has 0 spiro atoms. The third-order valence-corrected chi connectivity index (χ3v) is 6.46. The molecule has 0 bridgehead atoms. The topological polar surface area (TPSA) is 12.0 Å². The zero-order valence-electron chi connectivity index (χ0n) is 11.1. The fraction of sp³-hybridized carbons (Fsp3) is 0.429. The lowest BCUT2D eigenvalue weighted by molar-refractivity contribution is 0.648. The van der Waals surface area contributed by atoms with Gasteiger partial charge in [-0.25, -0.2) is 0 Å². The van der Waals surface area contributed by atoms with Crippen LogP contribution in [0.1, 0.15) is 38.0 Å². The molecule has 0 aliphatic heterocycles. The standard InChI is InChI=1S/C14H18BrNS2/c1-5-16-14(12-6-8(2)9(3)17-12)13-7-11(15)10(4)18-13/h6-7,14,16H,5H2,1-4H3. The average molecular weight is 344 g/mol. The zero-order chi connectivity index (χ0) is 13.3.